The molecule has 0 amide bonds. The molecule has 2 saturated heterocycles. The van der Waals surface area contributed by atoms with Crippen molar-refractivity contribution in [3.8, 4) is 0 Å². The minimum atomic E-state index is 0.959. The van der Waals surface area contributed by atoms with Gasteiger partial charge in [-0.25, -0.2) is 0 Å². The molecule has 0 aromatic heterocycles. The van der Waals surface area contributed by atoms with Crippen LogP contribution in [0.4, 0.5) is 0 Å². The molecule has 3 fully saturated rings. The Morgan fingerprint density at radius 3 is 1.76 bits per heavy atom. The summed E-state index contributed by atoms with van der Waals surface area (Å²) in [5, 5.41) is 0. The van der Waals surface area contributed by atoms with Crippen LogP contribution in [-0.2, 0) is 0 Å². The molecule has 0 aromatic rings. The molecule has 0 radical (unpaired) electrons. The van der Waals surface area contributed by atoms with Crippen molar-refractivity contribution < 1.29 is 0 Å². The predicted molar refractivity (Wildman–Crippen MR) is 73.2 cm³/mol. The summed E-state index contributed by atoms with van der Waals surface area (Å²) in [7, 11) is 0. The first-order valence-corrected chi connectivity index (χ1v) is 8.12. The second kappa shape index (κ2) is 5.30. The largest absolute Gasteiger partial charge is 0.294 e. The van der Waals surface area contributed by atoms with Crippen molar-refractivity contribution in [2.45, 2.75) is 95.7 Å². The Labute approximate surface area is 107 Å². The van der Waals surface area contributed by atoms with Crippen LogP contribution >= 0.6 is 0 Å². The zero-order chi connectivity index (χ0) is 11.7. The summed E-state index contributed by atoms with van der Waals surface area (Å²) < 4.78 is 0. The van der Waals surface area contributed by atoms with Gasteiger partial charge in [0.05, 0.1) is 0 Å². The van der Waals surface area contributed by atoms with Crippen molar-refractivity contribution in [2.24, 2.45) is 5.92 Å². The monoisotopic (exact) mass is 235 g/mol. The Morgan fingerprint density at radius 1 is 0.647 bits per heavy atom. The molecule has 3 aliphatic rings. The number of piperidine rings is 1. The van der Waals surface area contributed by atoms with Gasteiger partial charge in [-0.05, 0) is 44.4 Å². The lowest BCUT2D eigenvalue weighted by atomic mass is 9.88. The molecule has 0 N–H and O–H groups in total. The smallest absolute Gasteiger partial charge is 0.0104 e. The zero-order valence-electron chi connectivity index (χ0n) is 11.5. The molecule has 2 bridgehead atoms. The number of hydrogen-bond acceptors (Lipinski definition) is 1. The second-order valence-electron chi connectivity index (χ2n) is 6.91. The maximum atomic E-state index is 2.99. The SMILES string of the molecule is CC1C[C@H]2CC[C@@H](C1)N2C1CCCCCCC1. The van der Waals surface area contributed by atoms with Crippen molar-refractivity contribution in [1.29, 1.82) is 0 Å². The van der Waals surface area contributed by atoms with Crippen molar-refractivity contribution in [1.82, 2.24) is 4.90 Å². The van der Waals surface area contributed by atoms with E-state index in [1.54, 1.807) is 0 Å². The van der Waals surface area contributed by atoms with Crippen molar-refractivity contribution in [3.63, 3.8) is 0 Å². The Bertz CT molecular complexity index is 228. The van der Waals surface area contributed by atoms with Crippen molar-refractivity contribution in [3.05, 3.63) is 0 Å². The van der Waals surface area contributed by atoms with E-state index in [0.717, 1.165) is 24.0 Å². The van der Waals surface area contributed by atoms with Gasteiger partial charge in [0.15, 0.2) is 0 Å². The molecule has 1 unspecified atom stereocenters. The van der Waals surface area contributed by atoms with E-state index in [2.05, 4.69) is 11.8 Å². The van der Waals surface area contributed by atoms with Gasteiger partial charge in [-0.2, -0.15) is 0 Å². The van der Waals surface area contributed by atoms with Crippen LogP contribution in [-0.4, -0.2) is 23.0 Å². The molecule has 3 rings (SSSR count). The van der Waals surface area contributed by atoms with E-state index in [0.29, 0.717) is 0 Å². The highest BCUT2D eigenvalue weighted by Crippen LogP contribution is 2.41. The summed E-state index contributed by atoms with van der Waals surface area (Å²) in [4.78, 5) is 2.99. The first-order valence-electron chi connectivity index (χ1n) is 8.12. The first-order chi connectivity index (χ1) is 8.34. The topological polar surface area (TPSA) is 3.24 Å². The van der Waals surface area contributed by atoms with Crippen LogP contribution in [0.5, 0.6) is 0 Å². The molecule has 1 aliphatic carbocycles. The van der Waals surface area contributed by atoms with Gasteiger partial charge in [0, 0.05) is 18.1 Å². The quantitative estimate of drug-likeness (QED) is 0.652. The molecule has 0 spiro atoms. The van der Waals surface area contributed by atoms with E-state index >= 15 is 0 Å². The maximum absolute atomic E-state index is 2.99. The Kier molecular flexibility index (Phi) is 3.75. The van der Waals surface area contributed by atoms with Crippen LogP contribution in [0, 0.1) is 5.92 Å². The molecule has 98 valence electrons. The van der Waals surface area contributed by atoms with E-state index in [-0.39, 0.29) is 0 Å². The summed E-state index contributed by atoms with van der Waals surface area (Å²) in [6, 6.07) is 2.89. The fourth-order valence-corrected chi connectivity index (χ4v) is 4.81. The number of rotatable bonds is 1. The van der Waals surface area contributed by atoms with Crippen LogP contribution < -0.4 is 0 Å². The van der Waals surface area contributed by atoms with Crippen molar-refractivity contribution in [2.75, 3.05) is 0 Å². The van der Waals surface area contributed by atoms with Crippen LogP contribution in [0.3, 0.4) is 0 Å². The minimum absolute atomic E-state index is 0.959. The molecule has 1 heteroatoms. The number of fused-ring (bicyclic) bond motifs is 2. The first kappa shape index (κ1) is 12.0. The van der Waals surface area contributed by atoms with E-state index in [9.17, 15) is 0 Å². The molecule has 17 heavy (non-hydrogen) atoms. The highest BCUT2D eigenvalue weighted by molar-refractivity contribution is 4.97. The van der Waals surface area contributed by atoms with Crippen molar-refractivity contribution >= 4 is 0 Å². The highest BCUT2D eigenvalue weighted by atomic mass is 15.2. The maximum Gasteiger partial charge on any atom is 0.0104 e. The summed E-state index contributed by atoms with van der Waals surface area (Å²) in [6.07, 6.45) is 16.5. The van der Waals surface area contributed by atoms with E-state index in [1.807, 2.05) is 0 Å². The van der Waals surface area contributed by atoms with E-state index < -0.39 is 0 Å². The molecule has 2 aliphatic heterocycles. The lowest BCUT2D eigenvalue weighted by molar-refractivity contribution is 0.0509. The van der Waals surface area contributed by atoms with Gasteiger partial charge in [-0.1, -0.05) is 39.0 Å². The molecule has 2 heterocycles. The zero-order valence-corrected chi connectivity index (χ0v) is 11.5. The molecule has 3 atom stereocenters. The Balaban J connectivity index is 1.66. The Hall–Kier alpha value is -0.0400. The van der Waals surface area contributed by atoms with E-state index in [1.165, 1.54) is 70.6 Å². The van der Waals surface area contributed by atoms with Crippen LogP contribution in [0.1, 0.15) is 77.6 Å². The average molecular weight is 235 g/mol. The third-order valence-electron chi connectivity index (χ3n) is 5.52. The van der Waals surface area contributed by atoms with Gasteiger partial charge < -0.3 is 0 Å². The molecular formula is C16H29N. The van der Waals surface area contributed by atoms with Gasteiger partial charge in [0.2, 0.25) is 0 Å². The predicted octanol–water partition coefficient (Wildman–Crippen LogP) is 4.36. The normalized spacial score (nSPS) is 41.1. The summed E-state index contributed by atoms with van der Waals surface area (Å²) >= 11 is 0. The number of hydrogen-bond donors (Lipinski definition) is 0. The lowest BCUT2D eigenvalue weighted by Gasteiger charge is -2.43. The fourth-order valence-electron chi connectivity index (χ4n) is 4.81. The fraction of sp³-hybridized carbons (Fsp3) is 1.00. The lowest BCUT2D eigenvalue weighted by Crippen LogP contribution is -2.48. The molecule has 1 saturated carbocycles. The third kappa shape index (κ3) is 2.54. The average Bonchev–Trinajstić information content (AvgIpc) is 2.53. The Morgan fingerprint density at radius 2 is 1.18 bits per heavy atom. The second-order valence-corrected chi connectivity index (χ2v) is 6.91. The van der Waals surface area contributed by atoms with Gasteiger partial charge >= 0.3 is 0 Å². The standard InChI is InChI=1S/C16H29N/c1-13-11-15-9-10-16(12-13)17(15)14-7-5-3-2-4-6-8-14/h13-16H,2-12H2,1H3/t13?,15-,16+. The van der Waals surface area contributed by atoms with Gasteiger partial charge in [-0.15, -0.1) is 0 Å². The van der Waals surface area contributed by atoms with Gasteiger partial charge in [-0.3, -0.25) is 4.90 Å². The van der Waals surface area contributed by atoms with Gasteiger partial charge in [0.25, 0.3) is 0 Å². The van der Waals surface area contributed by atoms with Gasteiger partial charge in [0.1, 0.15) is 0 Å². The molecular weight excluding hydrogens is 206 g/mol. The number of nitrogens with zero attached hydrogens (tertiary/aromatic N) is 1. The summed E-state index contributed by atoms with van der Waals surface area (Å²) in [6.45, 7) is 2.47. The molecule has 1 nitrogen and oxygen atoms in total. The van der Waals surface area contributed by atoms with E-state index in [4.69, 9.17) is 0 Å². The van der Waals surface area contributed by atoms with Crippen LogP contribution in [0.15, 0.2) is 0 Å². The van der Waals surface area contributed by atoms with Crippen LogP contribution in [0.25, 0.3) is 0 Å². The molecule has 0 aromatic carbocycles. The summed E-state index contributed by atoms with van der Waals surface area (Å²) in [5.74, 6) is 0.998. The van der Waals surface area contributed by atoms with Crippen LogP contribution in [0.2, 0.25) is 0 Å². The highest BCUT2D eigenvalue weighted by Gasteiger charge is 2.42. The minimum Gasteiger partial charge on any atom is -0.294 e. The third-order valence-corrected chi connectivity index (χ3v) is 5.52. The summed E-state index contributed by atoms with van der Waals surface area (Å²) in [5.41, 5.74) is 0.